The van der Waals surface area contributed by atoms with Gasteiger partial charge in [0, 0.05) is 41.7 Å². The third-order valence-corrected chi connectivity index (χ3v) is 5.68. The number of benzene rings is 1. The predicted octanol–water partition coefficient (Wildman–Crippen LogP) is 4.97. The van der Waals surface area contributed by atoms with E-state index >= 15 is 0 Å². The zero-order valence-electron chi connectivity index (χ0n) is 14.7. The lowest BCUT2D eigenvalue weighted by Crippen LogP contribution is -2.38. The van der Waals surface area contributed by atoms with E-state index < -0.39 is 6.29 Å². The number of rotatable bonds is 3. The first-order valence-electron chi connectivity index (χ1n) is 8.92. The van der Waals surface area contributed by atoms with Gasteiger partial charge >= 0.3 is 0 Å². The van der Waals surface area contributed by atoms with Crippen molar-refractivity contribution in [2.24, 2.45) is 11.8 Å². The van der Waals surface area contributed by atoms with E-state index in [4.69, 9.17) is 9.47 Å². The molecule has 134 valence electrons. The van der Waals surface area contributed by atoms with Gasteiger partial charge in [0.25, 0.3) is 0 Å². The summed E-state index contributed by atoms with van der Waals surface area (Å²) in [7, 11) is 0. The molecule has 3 nitrogen and oxygen atoms in total. The van der Waals surface area contributed by atoms with E-state index in [1.807, 2.05) is 16.8 Å². The highest BCUT2D eigenvalue weighted by atomic mass is 32.1. The first-order valence-corrected chi connectivity index (χ1v) is 9.86. The van der Waals surface area contributed by atoms with E-state index in [-0.39, 0.29) is 5.82 Å². The molecule has 5 heteroatoms. The van der Waals surface area contributed by atoms with Crippen molar-refractivity contribution in [2.45, 2.75) is 39.7 Å². The van der Waals surface area contributed by atoms with Gasteiger partial charge in [-0.25, -0.2) is 4.39 Å². The maximum Gasteiger partial charge on any atom is 0.227 e. The molecule has 2 aromatic rings. The molecule has 3 heterocycles. The summed E-state index contributed by atoms with van der Waals surface area (Å²) in [6.45, 7) is 7.81. The van der Waals surface area contributed by atoms with Crippen LogP contribution in [0.25, 0.3) is 0 Å². The molecule has 1 saturated heterocycles. The molecule has 1 fully saturated rings. The Morgan fingerprint density at radius 1 is 1.24 bits per heavy atom. The fourth-order valence-electron chi connectivity index (χ4n) is 4.13. The van der Waals surface area contributed by atoms with Crippen molar-refractivity contribution < 1.29 is 13.9 Å². The molecule has 1 aromatic heterocycles. The molecule has 0 amide bonds. The van der Waals surface area contributed by atoms with Crippen LogP contribution in [0.4, 0.5) is 4.39 Å². The molecule has 0 spiro atoms. The smallest absolute Gasteiger partial charge is 0.227 e. The van der Waals surface area contributed by atoms with Gasteiger partial charge in [-0.3, -0.25) is 4.90 Å². The van der Waals surface area contributed by atoms with Gasteiger partial charge in [0.1, 0.15) is 11.6 Å². The summed E-state index contributed by atoms with van der Waals surface area (Å²) in [6, 6.07) is 5.17. The first-order chi connectivity index (χ1) is 12.1. The highest BCUT2D eigenvalue weighted by Crippen LogP contribution is 2.38. The number of thiophene rings is 1. The average Bonchev–Trinajstić information content (AvgIpc) is 3.08. The summed E-state index contributed by atoms with van der Waals surface area (Å²) in [5.41, 5.74) is 2.76. The second-order valence-corrected chi connectivity index (χ2v) is 8.29. The van der Waals surface area contributed by atoms with E-state index in [1.54, 1.807) is 17.4 Å². The lowest BCUT2D eigenvalue weighted by Gasteiger charge is -2.36. The summed E-state index contributed by atoms with van der Waals surface area (Å²) >= 11 is 1.62. The van der Waals surface area contributed by atoms with E-state index in [1.165, 1.54) is 12.5 Å². The number of piperidine rings is 1. The Morgan fingerprint density at radius 3 is 2.76 bits per heavy atom. The lowest BCUT2D eigenvalue weighted by atomic mass is 9.91. The SMILES string of the molecule is C[C@@H]1C[C@H](C)CN(Cc2cc(F)cc3c2O[C@@H](c2ccsc2)OC3)C1. The minimum Gasteiger partial charge on any atom is -0.460 e. The van der Waals surface area contributed by atoms with Crippen molar-refractivity contribution in [3.05, 3.63) is 51.5 Å². The van der Waals surface area contributed by atoms with Crippen molar-refractivity contribution >= 4 is 11.3 Å². The van der Waals surface area contributed by atoms with Crippen molar-refractivity contribution in [1.82, 2.24) is 4.90 Å². The first kappa shape index (κ1) is 17.0. The van der Waals surface area contributed by atoms with Crippen molar-refractivity contribution in [2.75, 3.05) is 13.1 Å². The standard InChI is InChI=1S/C20H24FNO2S/c1-13-5-14(2)9-22(8-13)10-16-6-18(21)7-17-11-23-20(24-19(16)17)15-3-4-25-12-15/h3-4,6-7,12-14,20H,5,8-11H2,1-2H3/t13-,14+,20-/m0/s1. The molecular weight excluding hydrogens is 337 g/mol. The summed E-state index contributed by atoms with van der Waals surface area (Å²) in [6.07, 6.45) is 0.865. The molecule has 4 rings (SSSR count). The van der Waals surface area contributed by atoms with Gasteiger partial charge in [-0.2, -0.15) is 11.3 Å². The molecule has 2 aliphatic heterocycles. The van der Waals surface area contributed by atoms with Crippen molar-refractivity contribution in [3.8, 4) is 5.75 Å². The quantitative estimate of drug-likeness (QED) is 0.770. The largest absolute Gasteiger partial charge is 0.460 e. The van der Waals surface area contributed by atoms with E-state index in [9.17, 15) is 4.39 Å². The number of hydrogen-bond acceptors (Lipinski definition) is 4. The van der Waals surface area contributed by atoms with Gasteiger partial charge in [0.05, 0.1) is 6.61 Å². The Labute approximate surface area is 152 Å². The van der Waals surface area contributed by atoms with Gasteiger partial charge in [-0.1, -0.05) is 13.8 Å². The fourth-order valence-corrected chi connectivity index (χ4v) is 4.79. The Bertz CT molecular complexity index is 724. The highest BCUT2D eigenvalue weighted by molar-refractivity contribution is 7.07. The summed E-state index contributed by atoms with van der Waals surface area (Å²) < 4.78 is 26.0. The van der Waals surface area contributed by atoms with Crippen LogP contribution in [-0.2, 0) is 17.9 Å². The monoisotopic (exact) mass is 361 g/mol. The van der Waals surface area contributed by atoms with Gasteiger partial charge in [0.15, 0.2) is 0 Å². The minimum absolute atomic E-state index is 0.215. The topological polar surface area (TPSA) is 21.7 Å². The summed E-state index contributed by atoms with van der Waals surface area (Å²) in [5.74, 6) is 1.94. The van der Waals surface area contributed by atoms with Crippen LogP contribution in [0, 0.1) is 17.7 Å². The molecular formula is C20H24FNO2S. The second kappa shape index (κ2) is 7.06. The van der Waals surface area contributed by atoms with Gasteiger partial charge in [-0.15, -0.1) is 0 Å². The molecule has 0 N–H and O–H groups in total. The van der Waals surface area contributed by atoms with Crippen molar-refractivity contribution in [1.29, 1.82) is 0 Å². The van der Waals surface area contributed by atoms with Crippen LogP contribution in [0.2, 0.25) is 0 Å². The summed E-state index contributed by atoms with van der Waals surface area (Å²) in [5, 5.41) is 4.05. The number of nitrogens with zero attached hydrogens (tertiary/aromatic N) is 1. The third kappa shape index (κ3) is 3.73. The van der Waals surface area contributed by atoms with Gasteiger partial charge in [0.2, 0.25) is 6.29 Å². The maximum absolute atomic E-state index is 14.1. The third-order valence-electron chi connectivity index (χ3n) is 4.98. The van der Waals surface area contributed by atoms with Crippen LogP contribution in [0.15, 0.2) is 29.0 Å². The fraction of sp³-hybridized carbons (Fsp3) is 0.500. The van der Waals surface area contributed by atoms with E-state index in [2.05, 4.69) is 18.7 Å². The second-order valence-electron chi connectivity index (χ2n) is 7.51. The molecule has 0 unspecified atom stereocenters. The van der Waals surface area contributed by atoms with Crippen molar-refractivity contribution in [3.63, 3.8) is 0 Å². The number of fused-ring (bicyclic) bond motifs is 1. The van der Waals surface area contributed by atoms with Crippen LogP contribution < -0.4 is 4.74 Å². The van der Waals surface area contributed by atoms with Crippen LogP contribution >= 0.6 is 11.3 Å². The van der Waals surface area contributed by atoms with Crippen LogP contribution in [0.1, 0.15) is 43.2 Å². The molecule has 1 aromatic carbocycles. The average molecular weight is 361 g/mol. The molecule has 2 aliphatic rings. The number of halogens is 1. The Balaban J connectivity index is 1.59. The number of likely N-dealkylation sites (tertiary alicyclic amines) is 1. The zero-order chi connectivity index (χ0) is 17.4. The zero-order valence-corrected chi connectivity index (χ0v) is 15.5. The highest BCUT2D eigenvalue weighted by Gasteiger charge is 2.28. The lowest BCUT2D eigenvalue weighted by molar-refractivity contribution is -0.112. The molecule has 0 saturated carbocycles. The van der Waals surface area contributed by atoms with Gasteiger partial charge in [-0.05, 0) is 41.8 Å². The predicted molar refractivity (Wildman–Crippen MR) is 97.1 cm³/mol. The molecule has 0 bridgehead atoms. The van der Waals surface area contributed by atoms with E-state index in [0.717, 1.165) is 42.1 Å². The normalized spacial score (nSPS) is 26.9. The van der Waals surface area contributed by atoms with Gasteiger partial charge < -0.3 is 9.47 Å². The Hall–Kier alpha value is -1.43. The Morgan fingerprint density at radius 2 is 2.04 bits per heavy atom. The molecule has 25 heavy (non-hydrogen) atoms. The van der Waals surface area contributed by atoms with Crippen LogP contribution in [-0.4, -0.2) is 18.0 Å². The molecule has 3 atom stereocenters. The molecule has 0 aliphatic carbocycles. The molecule has 0 radical (unpaired) electrons. The Kier molecular flexibility index (Phi) is 4.80. The number of hydrogen-bond donors (Lipinski definition) is 0. The maximum atomic E-state index is 14.1. The van der Waals surface area contributed by atoms with Crippen LogP contribution in [0.3, 0.4) is 0 Å². The summed E-state index contributed by atoms with van der Waals surface area (Å²) in [4.78, 5) is 2.42. The van der Waals surface area contributed by atoms with Crippen LogP contribution in [0.5, 0.6) is 5.75 Å². The minimum atomic E-state index is -0.401. The number of ether oxygens (including phenoxy) is 2. The van der Waals surface area contributed by atoms with E-state index in [0.29, 0.717) is 18.4 Å².